The number of halogens is 1. The van der Waals surface area contributed by atoms with Gasteiger partial charge in [-0.05, 0) is 31.6 Å². The molecule has 0 N–H and O–H groups in total. The number of ether oxygens (including phenoxy) is 1. The monoisotopic (exact) mass is 261 g/mol. The predicted molar refractivity (Wildman–Crippen MR) is 70.0 cm³/mol. The van der Waals surface area contributed by atoms with Crippen molar-refractivity contribution in [3.05, 3.63) is 0 Å². The molecule has 0 aromatic heterocycles. The summed E-state index contributed by atoms with van der Waals surface area (Å²) in [6.45, 7) is 7.39. The fourth-order valence-electron chi connectivity index (χ4n) is 2.87. The van der Waals surface area contributed by atoms with Crippen LogP contribution in [0.4, 0.5) is 0 Å². The molecule has 2 atom stereocenters. The van der Waals surface area contributed by atoms with Crippen molar-refractivity contribution in [3.63, 3.8) is 0 Å². The van der Waals surface area contributed by atoms with Gasteiger partial charge in [0.05, 0.1) is 0 Å². The second-order valence-electron chi connectivity index (χ2n) is 5.00. The summed E-state index contributed by atoms with van der Waals surface area (Å²) in [5, 5.41) is 0. The van der Waals surface area contributed by atoms with E-state index >= 15 is 0 Å². The molecule has 0 aromatic rings. The van der Waals surface area contributed by atoms with Gasteiger partial charge in [0, 0.05) is 12.6 Å². The van der Waals surface area contributed by atoms with Gasteiger partial charge in [-0.3, -0.25) is 4.79 Å². The first-order chi connectivity index (χ1) is 8.11. The maximum atomic E-state index is 11.9. The zero-order chi connectivity index (χ0) is 12.8. The summed E-state index contributed by atoms with van der Waals surface area (Å²) in [6.07, 6.45) is 3.64. The van der Waals surface area contributed by atoms with Crippen molar-refractivity contribution in [2.24, 2.45) is 11.8 Å². The van der Waals surface area contributed by atoms with Crippen LogP contribution in [-0.4, -0.2) is 36.1 Å². The second kappa shape index (κ2) is 7.22. The van der Waals surface area contributed by atoms with Gasteiger partial charge >= 0.3 is 0 Å². The molecule has 0 aliphatic heterocycles. The lowest BCUT2D eigenvalue weighted by atomic mass is 9.78. The third-order valence-electron chi connectivity index (χ3n) is 3.71. The predicted octanol–water partition coefficient (Wildman–Crippen LogP) is 2.87. The smallest absolute Gasteiger partial charge is 0.239 e. The van der Waals surface area contributed by atoms with Crippen molar-refractivity contribution in [3.8, 4) is 0 Å². The molecule has 0 aromatic carbocycles. The van der Waals surface area contributed by atoms with E-state index in [1.54, 1.807) is 0 Å². The lowest BCUT2D eigenvalue weighted by molar-refractivity contribution is -0.142. The highest BCUT2D eigenvalue weighted by Crippen LogP contribution is 2.32. The van der Waals surface area contributed by atoms with E-state index < -0.39 is 0 Å². The Hall–Kier alpha value is -0.280. The molecule has 0 saturated heterocycles. The van der Waals surface area contributed by atoms with Gasteiger partial charge in [-0.25, -0.2) is 0 Å². The Kier molecular flexibility index (Phi) is 6.28. The van der Waals surface area contributed by atoms with Gasteiger partial charge < -0.3 is 9.64 Å². The van der Waals surface area contributed by atoms with Gasteiger partial charge in [0.15, 0.2) is 0 Å². The van der Waals surface area contributed by atoms with Crippen molar-refractivity contribution < 1.29 is 9.53 Å². The molecule has 0 spiro atoms. The Balaban J connectivity index is 2.74. The van der Waals surface area contributed by atoms with Crippen LogP contribution in [0.1, 0.15) is 40.0 Å². The van der Waals surface area contributed by atoms with Crippen molar-refractivity contribution in [2.45, 2.75) is 46.1 Å². The summed E-state index contributed by atoms with van der Waals surface area (Å²) >= 11 is 5.69. The quantitative estimate of drug-likeness (QED) is 0.563. The van der Waals surface area contributed by atoms with Crippen LogP contribution >= 0.6 is 11.6 Å². The van der Waals surface area contributed by atoms with Crippen LogP contribution in [0.5, 0.6) is 0 Å². The lowest BCUT2D eigenvalue weighted by Gasteiger charge is -2.42. The molecule has 2 unspecified atom stereocenters. The Bertz CT molecular complexity index is 238. The summed E-state index contributed by atoms with van der Waals surface area (Å²) in [5.41, 5.74) is 0. The number of hydrogen-bond donors (Lipinski definition) is 0. The molecule has 1 fully saturated rings. The van der Waals surface area contributed by atoms with Crippen LogP contribution < -0.4 is 0 Å². The number of hydrogen-bond acceptors (Lipinski definition) is 2. The highest BCUT2D eigenvalue weighted by atomic mass is 35.5. The van der Waals surface area contributed by atoms with Gasteiger partial charge in [-0.15, -0.1) is 11.6 Å². The fraction of sp³-hybridized carbons (Fsp3) is 0.923. The molecule has 17 heavy (non-hydrogen) atoms. The van der Waals surface area contributed by atoms with Crippen LogP contribution in [0, 0.1) is 11.8 Å². The van der Waals surface area contributed by atoms with Crippen LogP contribution in [0.25, 0.3) is 0 Å². The van der Waals surface area contributed by atoms with Gasteiger partial charge in [-0.2, -0.15) is 0 Å². The highest BCUT2D eigenvalue weighted by molar-refractivity contribution is 6.27. The first-order valence-electron chi connectivity index (χ1n) is 6.55. The third-order valence-corrected chi connectivity index (χ3v) is 3.94. The Labute approximate surface area is 109 Å². The van der Waals surface area contributed by atoms with Gasteiger partial charge in [0.1, 0.15) is 12.6 Å². The summed E-state index contributed by atoms with van der Waals surface area (Å²) in [7, 11) is 0. The minimum absolute atomic E-state index is 0.00860. The lowest BCUT2D eigenvalue weighted by Crippen LogP contribution is -2.50. The average molecular weight is 262 g/mol. The maximum Gasteiger partial charge on any atom is 0.239 e. The zero-order valence-corrected chi connectivity index (χ0v) is 11.9. The van der Waals surface area contributed by atoms with Crippen molar-refractivity contribution in [2.75, 3.05) is 19.2 Å². The largest absolute Gasteiger partial charge is 0.361 e. The minimum Gasteiger partial charge on any atom is -0.361 e. The SMILES string of the molecule is CCOCN(C(=O)CCl)C1C(C)CCCC1C. The van der Waals surface area contributed by atoms with E-state index in [1.807, 2.05) is 11.8 Å². The van der Waals surface area contributed by atoms with Crippen molar-refractivity contribution >= 4 is 17.5 Å². The summed E-state index contributed by atoms with van der Waals surface area (Å²) in [5.74, 6) is 1.10. The number of amides is 1. The number of nitrogens with zero attached hydrogens (tertiary/aromatic N) is 1. The molecule has 4 heteroatoms. The first kappa shape index (κ1) is 14.8. The molecule has 1 rings (SSSR count). The number of carbonyl (C=O) groups excluding carboxylic acids is 1. The molecule has 0 heterocycles. The Morgan fingerprint density at radius 2 is 1.94 bits per heavy atom. The van der Waals surface area contributed by atoms with Crippen molar-refractivity contribution in [1.82, 2.24) is 4.90 Å². The van der Waals surface area contributed by atoms with E-state index in [0.717, 1.165) is 0 Å². The Morgan fingerprint density at radius 1 is 1.35 bits per heavy atom. The number of rotatable bonds is 5. The van der Waals surface area contributed by atoms with Gasteiger partial charge in [0.25, 0.3) is 0 Å². The van der Waals surface area contributed by atoms with E-state index in [-0.39, 0.29) is 17.8 Å². The van der Waals surface area contributed by atoms with E-state index in [2.05, 4.69) is 13.8 Å². The Morgan fingerprint density at radius 3 is 2.41 bits per heavy atom. The molecule has 3 nitrogen and oxygen atoms in total. The van der Waals surface area contributed by atoms with E-state index in [9.17, 15) is 4.79 Å². The average Bonchev–Trinajstić information content (AvgIpc) is 2.32. The van der Waals surface area contributed by atoms with Crippen LogP contribution in [0.15, 0.2) is 0 Å². The first-order valence-corrected chi connectivity index (χ1v) is 7.08. The standard InChI is InChI=1S/C13H24ClNO2/c1-4-17-9-15(12(16)8-14)13-10(2)6-5-7-11(13)3/h10-11,13H,4-9H2,1-3H3. The molecule has 0 radical (unpaired) electrons. The van der Waals surface area contributed by atoms with Crippen LogP contribution in [-0.2, 0) is 9.53 Å². The highest BCUT2D eigenvalue weighted by Gasteiger charge is 2.34. The number of alkyl halides is 1. The zero-order valence-electron chi connectivity index (χ0n) is 11.1. The number of carbonyl (C=O) groups is 1. The molecule has 1 saturated carbocycles. The topological polar surface area (TPSA) is 29.5 Å². The summed E-state index contributed by atoms with van der Waals surface area (Å²) in [6, 6.07) is 0.279. The fourth-order valence-corrected chi connectivity index (χ4v) is 3.02. The molecule has 100 valence electrons. The summed E-state index contributed by atoms with van der Waals surface area (Å²) in [4.78, 5) is 13.8. The maximum absolute atomic E-state index is 11.9. The normalized spacial score (nSPS) is 29.1. The molecule has 1 aliphatic rings. The van der Waals surface area contributed by atoms with Crippen LogP contribution in [0.3, 0.4) is 0 Å². The molecule has 1 aliphatic carbocycles. The van der Waals surface area contributed by atoms with E-state index in [1.165, 1.54) is 19.3 Å². The molecule has 0 bridgehead atoms. The van der Waals surface area contributed by atoms with Crippen molar-refractivity contribution in [1.29, 1.82) is 0 Å². The molecule has 1 amide bonds. The second-order valence-corrected chi connectivity index (χ2v) is 5.26. The minimum atomic E-state index is -0.00860. The van der Waals surface area contributed by atoms with Gasteiger partial charge in [0.2, 0.25) is 5.91 Å². The van der Waals surface area contributed by atoms with Crippen LogP contribution in [0.2, 0.25) is 0 Å². The third kappa shape index (κ3) is 3.85. The van der Waals surface area contributed by atoms with Gasteiger partial charge in [-0.1, -0.05) is 20.3 Å². The molecular weight excluding hydrogens is 238 g/mol. The summed E-state index contributed by atoms with van der Waals surface area (Å²) < 4.78 is 5.41. The van der Waals surface area contributed by atoms with E-state index in [0.29, 0.717) is 25.2 Å². The van der Waals surface area contributed by atoms with E-state index in [4.69, 9.17) is 16.3 Å². The molecular formula is C13H24ClNO2.